The van der Waals surface area contributed by atoms with E-state index in [9.17, 15) is 0 Å². The maximum absolute atomic E-state index is 3.47. The maximum atomic E-state index is 3.47. The third-order valence-corrected chi connectivity index (χ3v) is 5.36. The van der Waals surface area contributed by atoms with Crippen LogP contribution in [0.15, 0.2) is 30.3 Å². The van der Waals surface area contributed by atoms with Crippen LogP contribution in [0.2, 0.25) is 0 Å². The van der Waals surface area contributed by atoms with Crippen molar-refractivity contribution in [2.45, 2.75) is 38.6 Å². The van der Waals surface area contributed by atoms with Gasteiger partial charge in [0.1, 0.15) is 0 Å². The van der Waals surface area contributed by atoms with Gasteiger partial charge in [-0.05, 0) is 55.5 Å². The molecule has 1 heterocycles. The summed E-state index contributed by atoms with van der Waals surface area (Å²) in [6, 6.07) is 11.8. The third-order valence-electron chi connectivity index (χ3n) is 4.06. The van der Waals surface area contributed by atoms with Gasteiger partial charge in [0.15, 0.2) is 0 Å². The van der Waals surface area contributed by atoms with Crippen LogP contribution in [-0.2, 0) is 19.3 Å². The van der Waals surface area contributed by atoms with Crippen molar-refractivity contribution in [1.29, 1.82) is 0 Å². The van der Waals surface area contributed by atoms with Gasteiger partial charge < -0.3 is 5.32 Å². The summed E-state index contributed by atoms with van der Waals surface area (Å²) in [7, 11) is 2.06. The van der Waals surface area contributed by atoms with Gasteiger partial charge >= 0.3 is 0 Å². The molecule has 3 rings (SSSR count). The molecule has 1 aliphatic carbocycles. The molecule has 1 aromatic heterocycles. The largest absolute Gasteiger partial charge is 0.309 e. The molecule has 1 aliphatic rings. The summed E-state index contributed by atoms with van der Waals surface area (Å²) in [5.41, 5.74) is 4.37. The number of fused-ring (bicyclic) bond motifs is 1. The van der Waals surface area contributed by atoms with Gasteiger partial charge in [-0.3, -0.25) is 0 Å². The second-order valence-electron chi connectivity index (χ2n) is 5.27. The van der Waals surface area contributed by atoms with Crippen LogP contribution in [-0.4, -0.2) is 7.05 Å². The smallest absolute Gasteiger partial charge is 0.0668 e. The molecule has 1 nitrogen and oxygen atoms in total. The average Bonchev–Trinajstić information content (AvgIpc) is 3.02. The highest BCUT2D eigenvalue weighted by atomic mass is 32.1. The molecule has 1 aromatic carbocycles. The fraction of sp³-hybridized carbons (Fsp3) is 0.412. The summed E-state index contributed by atoms with van der Waals surface area (Å²) >= 11 is 2.00. The Morgan fingerprint density at radius 3 is 2.63 bits per heavy atom. The fourth-order valence-electron chi connectivity index (χ4n) is 2.91. The van der Waals surface area contributed by atoms with Crippen molar-refractivity contribution in [1.82, 2.24) is 5.32 Å². The van der Waals surface area contributed by atoms with Crippen LogP contribution in [0, 0.1) is 0 Å². The Labute approximate surface area is 119 Å². The molecule has 0 radical (unpaired) electrons. The predicted molar refractivity (Wildman–Crippen MR) is 83.1 cm³/mol. The van der Waals surface area contributed by atoms with Gasteiger partial charge in [-0.25, -0.2) is 0 Å². The minimum Gasteiger partial charge on any atom is -0.309 e. The molecular weight excluding hydrogens is 250 g/mol. The summed E-state index contributed by atoms with van der Waals surface area (Å²) in [4.78, 5) is 3.08. The van der Waals surface area contributed by atoms with Crippen LogP contribution in [0.25, 0.3) is 0 Å². The van der Waals surface area contributed by atoms with Crippen LogP contribution in [0.3, 0.4) is 0 Å². The first-order valence-electron chi connectivity index (χ1n) is 7.19. The molecule has 0 saturated carbocycles. The van der Waals surface area contributed by atoms with Crippen LogP contribution in [0.5, 0.6) is 0 Å². The Morgan fingerprint density at radius 2 is 2.00 bits per heavy atom. The Morgan fingerprint density at radius 1 is 1.21 bits per heavy atom. The average molecular weight is 271 g/mol. The van der Waals surface area contributed by atoms with Crippen molar-refractivity contribution in [2.75, 3.05) is 7.05 Å². The SMILES string of the molecule is CCc1ccc(C(NC)c2cc3c(s2)CCC3)cc1. The minimum absolute atomic E-state index is 0.349. The monoisotopic (exact) mass is 271 g/mol. The Kier molecular flexibility index (Phi) is 3.72. The molecule has 0 spiro atoms. The number of hydrogen-bond donors (Lipinski definition) is 1. The highest BCUT2D eigenvalue weighted by Gasteiger charge is 2.20. The minimum atomic E-state index is 0.349. The van der Waals surface area contributed by atoms with Gasteiger partial charge in [-0.2, -0.15) is 0 Å². The van der Waals surface area contributed by atoms with Crippen LogP contribution >= 0.6 is 11.3 Å². The third kappa shape index (κ3) is 2.47. The quantitative estimate of drug-likeness (QED) is 0.882. The first-order valence-corrected chi connectivity index (χ1v) is 8.01. The molecule has 1 unspecified atom stereocenters. The molecule has 1 atom stereocenters. The summed E-state index contributed by atoms with van der Waals surface area (Å²) in [6.07, 6.45) is 5.01. The van der Waals surface area contributed by atoms with Crippen LogP contribution < -0.4 is 5.32 Å². The van der Waals surface area contributed by atoms with E-state index in [0.717, 1.165) is 6.42 Å². The molecule has 0 amide bonds. The normalized spacial score (nSPS) is 15.5. The predicted octanol–water partition coefficient (Wildman–Crippen LogP) is 4.11. The van der Waals surface area contributed by atoms with Crippen molar-refractivity contribution in [3.63, 3.8) is 0 Å². The number of hydrogen-bond acceptors (Lipinski definition) is 2. The number of rotatable bonds is 4. The summed E-state index contributed by atoms with van der Waals surface area (Å²) in [5, 5.41) is 3.47. The van der Waals surface area contributed by atoms with Crippen molar-refractivity contribution >= 4 is 11.3 Å². The van der Waals surface area contributed by atoms with E-state index >= 15 is 0 Å². The second-order valence-corrected chi connectivity index (χ2v) is 6.44. The lowest BCUT2D eigenvalue weighted by Gasteiger charge is -2.15. The van der Waals surface area contributed by atoms with Crippen LogP contribution in [0.4, 0.5) is 0 Å². The first-order chi connectivity index (χ1) is 9.31. The topological polar surface area (TPSA) is 12.0 Å². The molecule has 0 aliphatic heterocycles. The summed E-state index contributed by atoms with van der Waals surface area (Å²) in [5.74, 6) is 0. The van der Waals surface area contributed by atoms with Gasteiger partial charge in [0.25, 0.3) is 0 Å². The lowest BCUT2D eigenvalue weighted by molar-refractivity contribution is 0.702. The number of aryl methyl sites for hydroxylation is 3. The van der Waals surface area contributed by atoms with Crippen molar-refractivity contribution in [3.05, 3.63) is 56.8 Å². The van der Waals surface area contributed by atoms with Gasteiger partial charge in [-0.15, -0.1) is 11.3 Å². The zero-order valence-corrected chi connectivity index (χ0v) is 12.5. The molecule has 100 valence electrons. The molecule has 0 saturated heterocycles. The molecule has 0 bridgehead atoms. The molecule has 0 fully saturated rings. The summed E-state index contributed by atoms with van der Waals surface area (Å²) < 4.78 is 0. The molecular formula is C17H21NS. The fourth-order valence-corrected chi connectivity index (χ4v) is 4.31. The van der Waals surface area contributed by atoms with E-state index < -0.39 is 0 Å². The van der Waals surface area contributed by atoms with Gasteiger partial charge in [0.05, 0.1) is 6.04 Å². The first kappa shape index (κ1) is 12.9. The van der Waals surface area contributed by atoms with Gasteiger partial charge in [-0.1, -0.05) is 31.2 Å². The van der Waals surface area contributed by atoms with Crippen molar-refractivity contribution < 1.29 is 0 Å². The Bertz CT molecular complexity index is 532. The van der Waals surface area contributed by atoms with E-state index in [1.807, 2.05) is 11.3 Å². The lowest BCUT2D eigenvalue weighted by Crippen LogP contribution is -2.16. The highest BCUT2D eigenvalue weighted by molar-refractivity contribution is 7.12. The Hall–Kier alpha value is -1.12. The Balaban J connectivity index is 1.90. The van der Waals surface area contributed by atoms with E-state index in [1.54, 1.807) is 10.4 Å². The summed E-state index contributed by atoms with van der Waals surface area (Å²) in [6.45, 7) is 2.20. The molecule has 19 heavy (non-hydrogen) atoms. The van der Waals surface area contributed by atoms with Gasteiger partial charge in [0, 0.05) is 9.75 Å². The van der Waals surface area contributed by atoms with E-state index in [0.29, 0.717) is 6.04 Å². The molecule has 1 N–H and O–H groups in total. The zero-order chi connectivity index (χ0) is 13.2. The lowest BCUT2D eigenvalue weighted by atomic mass is 10.0. The highest BCUT2D eigenvalue weighted by Crippen LogP contribution is 2.35. The van der Waals surface area contributed by atoms with E-state index in [4.69, 9.17) is 0 Å². The number of thiophene rings is 1. The van der Waals surface area contributed by atoms with Gasteiger partial charge in [0.2, 0.25) is 0 Å². The van der Waals surface area contributed by atoms with E-state index in [2.05, 4.69) is 49.6 Å². The standard InChI is InChI=1S/C17H21NS/c1-3-12-7-9-13(10-8-12)17(18-2)16-11-14-5-4-6-15(14)19-16/h7-11,17-18H,3-6H2,1-2H3. The van der Waals surface area contributed by atoms with E-state index in [1.165, 1.54) is 35.3 Å². The molecule has 2 heteroatoms. The van der Waals surface area contributed by atoms with Crippen molar-refractivity contribution in [2.24, 2.45) is 0 Å². The van der Waals surface area contributed by atoms with Crippen LogP contribution in [0.1, 0.15) is 45.8 Å². The van der Waals surface area contributed by atoms with Crippen molar-refractivity contribution in [3.8, 4) is 0 Å². The molecule has 2 aromatic rings. The second kappa shape index (κ2) is 5.48. The number of nitrogens with one attached hydrogen (secondary N) is 1. The van der Waals surface area contributed by atoms with E-state index in [-0.39, 0.29) is 0 Å². The number of benzene rings is 1. The maximum Gasteiger partial charge on any atom is 0.0668 e. The zero-order valence-electron chi connectivity index (χ0n) is 11.7.